The third-order valence-electron chi connectivity index (χ3n) is 6.27. The van der Waals surface area contributed by atoms with Crippen molar-refractivity contribution in [1.29, 1.82) is 0 Å². The van der Waals surface area contributed by atoms with Crippen LogP contribution in [0.2, 0.25) is 0 Å². The van der Waals surface area contributed by atoms with Crippen LogP contribution in [0.25, 0.3) is 0 Å². The number of carbonyl (C=O) groups excluding carboxylic acids is 1. The molecule has 2 unspecified atom stereocenters. The van der Waals surface area contributed by atoms with Crippen molar-refractivity contribution in [2.75, 3.05) is 0 Å². The summed E-state index contributed by atoms with van der Waals surface area (Å²) >= 11 is 0. The van der Waals surface area contributed by atoms with Gasteiger partial charge >= 0.3 is 0 Å². The first kappa shape index (κ1) is 20.4. The van der Waals surface area contributed by atoms with E-state index in [9.17, 15) is 4.79 Å². The van der Waals surface area contributed by atoms with Crippen molar-refractivity contribution in [3.63, 3.8) is 0 Å². The van der Waals surface area contributed by atoms with E-state index in [1.165, 1.54) is 35.1 Å². The molecule has 3 aromatic carbocycles. The van der Waals surface area contributed by atoms with Gasteiger partial charge in [-0.15, -0.1) is 0 Å². The monoisotopic (exact) mass is 397 g/mol. The first-order valence-corrected chi connectivity index (χ1v) is 11.2. The predicted octanol–water partition coefficient (Wildman–Crippen LogP) is 6.61. The van der Waals surface area contributed by atoms with Crippen LogP contribution in [0.5, 0.6) is 0 Å². The summed E-state index contributed by atoms with van der Waals surface area (Å²) in [4.78, 5) is 15.8. The van der Waals surface area contributed by atoms with Crippen LogP contribution in [0, 0.1) is 5.92 Å². The molecule has 1 aliphatic rings. The second-order valence-corrected chi connectivity index (χ2v) is 8.54. The second kappa shape index (κ2) is 9.30. The summed E-state index contributed by atoms with van der Waals surface area (Å²) in [6, 6.07) is 27.3. The zero-order valence-electron chi connectivity index (χ0n) is 18.1. The number of unbranched alkanes of at least 4 members (excludes halogenated alkanes) is 1. The maximum Gasteiger partial charge on any atom is 0.254 e. The highest BCUT2D eigenvalue weighted by Crippen LogP contribution is 2.41. The minimum Gasteiger partial charge on any atom is -0.327 e. The molecule has 3 aromatic rings. The summed E-state index contributed by atoms with van der Waals surface area (Å²) in [7, 11) is 0. The van der Waals surface area contributed by atoms with Crippen LogP contribution in [0.4, 0.5) is 0 Å². The molecule has 0 saturated carbocycles. The average Bonchev–Trinajstić information content (AvgIpc) is 3.12. The predicted molar refractivity (Wildman–Crippen MR) is 123 cm³/mol. The first-order valence-electron chi connectivity index (χ1n) is 11.2. The Balaban J connectivity index is 1.66. The van der Waals surface area contributed by atoms with Gasteiger partial charge in [0, 0.05) is 12.1 Å². The molecule has 0 spiro atoms. The minimum absolute atomic E-state index is 0.105. The number of hydrogen-bond acceptors (Lipinski definition) is 1. The fourth-order valence-electron chi connectivity index (χ4n) is 4.69. The van der Waals surface area contributed by atoms with Gasteiger partial charge in [0.1, 0.15) is 0 Å². The Labute approximate surface area is 180 Å². The number of rotatable bonds is 7. The average molecular weight is 398 g/mol. The van der Waals surface area contributed by atoms with Crippen LogP contribution in [-0.4, -0.2) is 10.8 Å². The molecule has 0 N–H and O–H groups in total. The van der Waals surface area contributed by atoms with E-state index in [0.717, 1.165) is 18.4 Å². The van der Waals surface area contributed by atoms with E-state index in [4.69, 9.17) is 0 Å². The Hall–Kier alpha value is -2.87. The van der Waals surface area contributed by atoms with Crippen molar-refractivity contribution in [3.05, 3.63) is 107 Å². The van der Waals surface area contributed by atoms with E-state index in [2.05, 4.69) is 67.3 Å². The second-order valence-electron chi connectivity index (χ2n) is 8.54. The maximum absolute atomic E-state index is 13.7. The molecule has 0 radical (unpaired) electrons. The van der Waals surface area contributed by atoms with E-state index >= 15 is 0 Å². The zero-order valence-corrected chi connectivity index (χ0v) is 18.1. The van der Waals surface area contributed by atoms with E-state index in [1.807, 2.05) is 30.3 Å². The smallest absolute Gasteiger partial charge is 0.254 e. The van der Waals surface area contributed by atoms with Gasteiger partial charge in [0.25, 0.3) is 5.91 Å². The largest absolute Gasteiger partial charge is 0.327 e. The van der Waals surface area contributed by atoms with Crippen LogP contribution in [-0.2, 0) is 19.4 Å². The number of amides is 1. The van der Waals surface area contributed by atoms with Crippen molar-refractivity contribution in [2.45, 2.75) is 52.1 Å². The van der Waals surface area contributed by atoms with Gasteiger partial charge in [0.05, 0.1) is 6.04 Å². The zero-order chi connectivity index (χ0) is 20.9. The molecule has 0 heterocycles. The van der Waals surface area contributed by atoms with Gasteiger partial charge in [-0.2, -0.15) is 0 Å². The SMILES string of the molecule is CCCCc1ccc(C(=O)N(Cc2ccccc2)C2c3ccccc3CC2C)cc1. The quantitative estimate of drug-likeness (QED) is 0.439. The van der Waals surface area contributed by atoms with Crippen LogP contribution in [0.1, 0.15) is 65.3 Å². The third kappa shape index (κ3) is 4.33. The highest BCUT2D eigenvalue weighted by atomic mass is 16.2. The first-order chi connectivity index (χ1) is 14.7. The van der Waals surface area contributed by atoms with Gasteiger partial charge in [-0.1, -0.05) is 87.0 Å². The molecule has 1 aliphatic carbocycles. The fourth-order valence-corrected chi connectivity index (χ4v) is 4.69. The van der Waals surface area contributed by atoms with E-state index in [-0.39, 0.29) is 11.9 Å². The Morgan fingerprint density at radius 1 is 0.900 bits per heavy atom. The lowest BCUT2D eigenvalue weighted by atomic mass is 9.98. The molecule has 154 valence electrons. The molecular weight excluding hydrogens is 366 g/mol. The van der Waals surface area contributed by atoms with Crippen LogP contribution in [0.15, 0.2) is 78.9 Å². The summed E-state index contributed by atoms with van der Waals surface area (Å²) in [5.41, 5.74) is 5.93. The number of benzene rings is 3. The molecule has 1 amide bonds. The molecular formula is C28H31NO. The molecule has 0 fully saturated rings. The molecule has 4 rings (SSSR count). The molecule has 0 aliphatic heterocycles. The third-order valence-corrected chi connectivity index (χ3v) is 6.27. The molecule has 2 nitrogen and oxygen atoms in total. The van der Waals surface area contributed by atoms with Gasteiger partial charge in [0.15, 0.2) is 0 Å². The van der Waals surface area contributed by atoms with Gasteiger partial charge in [-0.05, 0) is 59.6 Å². The van der Waals surface area contributed by atoms with Crippen molar-refractivity contribution in [2.24, 2.45) is 5.92 Å². The maximum atomic E-state index is 13.7. The fraction of sp³-hybridized carbons (Fsp3) is 0.321. The lowest BCUT2D eigenvalue weighted by Gasteiger charge is -2.33. The highest BCUT2D eigenvalue weighted by Gasteiger charge is 2.36. The number of aryl methyl sites for hydroxylation is 1. The van der Waals surface area contributed by atoms with E-state index in [0.29, 0.717) is 12.5 Å². The number of hydrogen-bond donors (Lipinski definition) is 0. The molecule has 2 heteroatoms. The minimum atomic E-state index is 0.105. The van der Waals surface area contributed by atoms with Crippen LogP contribution < -0.4 is 0 Å². The Bertz CT molecular complexity index is 977. The number of carbonyl (C=O) groups is 1. The normalized spacial score (nSPS) is 17.5. The Kier molecular flexibility index (Phi) is 6.32. The van der Waals surface area contributed by atoms with E-state index in [1.54, 1.807) is 0 Å². The van der Waals surface area contributed by atoms with Crippen LogP contribution >= 0.6 is 0 Å². The summed E-state index contributed by atoms with van der Waals surface area (Å²) in [5, 5.41) is 0. The molecule has 30 heavy (non-hydrogen) atoms. The summed E-state index contributed by atoms with van der Waals surface area (Å²) in [6.45, 7) is 5.10. The van der Waals surface area contributed by atoms with Crippen molar-refractivity contribution >= 4 is 5.91 Å². The highest BCUT2D eigenvalue weighted by molar-refractivity contribution is 5.94. The molecule has 2 atom stereocenters. The van der Waals surface area contributed by atoms with Gasteiger partial charge < -0.3 is 4.90 Å². The summed E-state index contributed by atoms with van der Waals surface area (Å²) in [6.07, 6.45) is 4.47. The van der Waals surface area contributed by atoms with Crippen molar-refractivity contribution < 1.29 is 4.79 Å². The molecule has 0 aromatic heterocycles. The lowest BCUT2D eigenvalue weighted by Crippen LogP contribution is -2.36. The van der Waals surface area contributed by atoms with Crippen LogP contribution in [0.3, 0.4) is 0 Å². The number of nitrogens with zero attached hydrogens (tertiary/aromatic N) is 1. The van der Waals surface area contributed by atoms with Crippen molar-refractivity contribution in [3.8, 4) is 0 Å². The Morgan fingerprint density at radius 2 is 1.60 bits per heavy atom. The summed E-state index contributed by atoms with van der Waals surface area (Å²) < 4.78 is 0. The Morgan fingerprint density at radius 3 is 2.33 bits per heavy atom. The standard InChI is InChI=1S/C28H31NO/c1-3-4-10-22-15-17-24(18-16-22)28(30)29(20-23-11-6-5-7-12-23)27-21(2)19-25-13-8-9-14-26(25)27/h5-9,11-18,21,27H,3-4,10,19-20H2,1-2H3. The van der Waals surface area contributed by atoms with E-state index < -0.39 is 0 Å². The molecule has 0 saturated heterocycles. The van der Waals surface area contributed by atoms with Crippen molar-refractivity contribution in [1.82, 2.24) is 4.90 Å². The van der Waals surface area contributed by atoms with Gasteiger partial charge in [0.2, 0.25) is 0 Å². The topological polar surface area (TPSA) is 20.3 Å². The lowest BCUT2D eigenvalue weighted by molar-refractivity contribution is 0.0610. The number of fused-ring (bicyclic) bond motifs is 1. The summed E-state index contributed by atoms with van der Waals surface area (Å²) in [5.74, 6) is 0.522. The molecule has 0 bridgehead atoms. The van der Waals surface area contributed by atoms with Gasteiger partial charge in [-0.3, -0.25) is 4.79 Å². The van der Waals surface area contributed by atoms with Gasteiger partial charge in [-0.25, -0.2) is 0 Å².